The molecule has 2 amide bonds. The first-order valence-corrected chi connectivity index (χ1v) is 10.4. The van der Waals surface area contributed by atoms with Crippen LogP contribution in [-0.2, 0) is 10.5 Å². The first-order valence-electron chi connectivity index (χ1n) is 8.54. The molecule has 0 saturated carbocycles. The molecule has 0 atom stereocenters. The van der Waals surface area contributed by atoms with Crippen molar-refractivity contribution in [1.82, 2.24) is 15.0 Å². The number of rotatable bonds is 7. The lowest BCUT2D eigenvalue weighted by Crippen LogP contribution is -2.35. The number of carbonyl (C=O) groups is 2. The largest absolute Gasteiger partial charge is 0.360 e. The number of nitrogens with zero attached hydrogens (tertiary/aromatic N) is 3. The van der Waals surface area contributed by atoms with E-state index in [1.165, 1.54) is 4.90 Å². The predicted molar refractivity (Wildman–Crippen MR) is 110 cm³/mol. The standard InChI is InChI=1S/C19H20N4O3S2/c1-12-8-17(22-26-12)21-18(24)9-23(3)19(25)15-6-4-5-7-16(15)28-11-14-10-27-13(2)20-14/h4-8,10H,9,11H2,1-3H3,(H,21,22,24). The summed E-state index contributed by atoms with van der Waals surface area (Å²) in [6, 6.07) is 9.00. The molecule has 9 heteroatoms. The fraction of sp³-hybridized carbons (Fsp3) is 0.263. The van der Waals surface area contributed by atoms with Gasteiger partial charge < -0.3 is 14.7 Å². The maximum atomic E-state index is 12.9. The molecule has 146 valence electrons. The highest BCUT2D eigenvalue weighted by molar-refractivity contribution is 7.98. The zero-order valence-corrected chi connectivity index (χ0v) is 17.4. The first kappa shape index (κ1) is 20.1. The first-order chi connectivity index (χ1) is 13.4. The average molecular weight is 417 g/mol. The zero-order valence-electron chi connectivity index (χ0n) is 15.8. The Morgan fingerprint density at radius 3 is 2.75 bits per heavy atom. The van der Waals surface area contributed by atoms with Gasteiger partial charge in [-0.3, -0.25) is 9.59 Å². The van der Waals surface area contributed by atoms with E-state index in [1.807, 2.05) is 30.5 Å². The number of benzene rings is 1. The average Bonchev–Trinajstić information content (AvgIpc) is 3.27. The zero-order chi connectivity index (χ0) is 20.1. The molecule has 0 bridgehead atoms. The Balaban J connectivity index is 1.63. The van der Waals surface area contributed by atoms with Gasteiger partial charge in [0.05, 0.1) is 22.8 Å². The molecular weight excluding hydrogens is 396 g/mol. The fourth-order valence-corrected chi connectivity index (χ4v) is 4.15. The van der Waals surface area contributed by atoms with E-state index in [0.717, 1.165) is 15.6 Å². The van der Waals surface area contributed by atoms with Gasteiger partial charge in [0.2, 0.25) is 5.91 Å². The molecule has 0 radical (unpaired) electrons. The van der Waals surface area contributed by atoms with Crippen molar-refractivity contribution in [1.29, 1.82) is 0 Å². The van der Waals surface area contributed by atoms with Gasteiger partial charge in [0.25, 0.3) is 5.91 Å². The van der Waals surface area contributed by atoms with Crippen molar-refractivity contribution in [3.63, 3.8) is 0 Å². The van der Waals surface area contributed by atoms with Crippen LogP contribution in [0.4, 0.5) is 5.82 Å². The highest BCUT2D eigenvalue weighted by Gasteiger charge is 2.19. The molecule has 0 spiro atoms. The molecule has 3 aromatic rings. The van der Waals surface area contributed by atoms with Gasteiger partial charge in [-0.2, -0.15) is 0 Å². The van der Waals surface area contributed by atoms with Crippen molar-refractivity contribution >= 4 is 40.7 Å². The smallest absolute Gasteiger partial charge is 0.255 e. The maximum absolute atomic E-state index is 12.9. The summed E-state index contributed by atoms with van der Waals surface area (Å²) in [7, 11) is 1.60. The highest BCUT2D eigenvalue weighted by atomic mass is 32.2. The Hall–Kier alpha value is -2.65. The summed E-state index contributed by atoms with van der Waals surface area (Å²) in [5.74, 6) is 1.06. The summed E-state index contributed by atoms with van der Waals surface area (Å²) in [4.78, 5) is 31.7. The van der Waals surface area contributed by atoms with Crippen molar-refractivity contribution < 1.29 is 14.1 Å². The van der Waals surface area contributed by atoms with Crippen LogP contribution in [0.15, 0.2) is 45.1 Å². The van der Waals surface area contributed by atoms with Crippen LogP contribution in [0.3, 0.4) is 0 Å². The second-order valence-electron chi connectivity index (χ2n) is 6.17. The molecule has 0 aliphatic rings. The van der Waals surface area contributed by atoms with Gasteiger partial charge >= 0.3 is 0 Å². The van der Waals surface area contributed by atoms with Crippen LogP contribution in [0.1, 0.15) is 26.8 Å². The van der Waals surface area contributed by atoms with E-state index in [4.69, 9.17) is 4.52 Å². The Morgan fingerprint density at radius 1 is 1.29 bits per heavy atom. The van der Waals surface area contributed by atoms with E-state index in [9.17, 15) is 9.59 Å². The third-order valence-corrected chi connectivity index (χ3v) is 5.71. The molecule has 0 aliphatic carbocycles. The quantitative estimate of drug-likeness (QED) is 0.590. The molecule has 0 fully saturated rings. The number of hydrogen-bond acceptors (Lipinski definition) is 7. The number of anilines is 1. The van der Waals surface area contributed by atoms with Crippen LogP contribution in [-0.4, -0.2) is 40.4 Å². The SMILES string of the molecule is Cc1cc(NC(=O)CN(C)C(=O)c2ccccc2SCc2csc(C)n2)no1. The summed E-state index contributed by atoms with van der Waals surface area (Å²) in [5.41, 5.74) is 1.55. The third-order valence-electron chi connectivity index (χ3n) is 3.78. The van der Waals surface area contributed by atoms with Gasteiger partial charge in [-0.05, 0) is 26.0 Å². The number of carbonyl (C=O) groups excluding carboxylic acids is 2. The summed E-state index contributed by atoms with van der Waals surface area (Å²) >= 11 is 3.17. The normalized spacial score (nSPS) is 10.7. The van der Waals surface area contributed by atoms with Crippen molar-refractivity contribution in [2.75, 3.05) is 18.9 Å². The number of amides is 2. The van der Waals surface area contributed by atoms with Crippen LogP contribution >= 0.6 is 23.1 Å². The summed E-state index contributed by atoms with van der Waals surface area (Å²) in [6.07, 6.45) is 0. The molecular formula is C19H20N4O3S2. The van der Waals surface area contributed by atoms with Crippen molar-refractivity contribution in [3.05, 3.63) is 57.7 Å². The fourth-order valence-electron chi connectivity index (χ4n) is 2.50. The number of thioether (sulfide) groups is 1. The molecule has 3 rings (SSSR count). The van der Waals surface area contributed by atoms with Gasteiger partial charge in [0.15, 0.2) is 5.82 Å². The number of thiazole rings is 1. The molecule has 1 aromatic carbocycles. The lowest BCUT2D eigenvalue weighted by Gasteiger charge is -2.18. The Kier molecular flexibility index (Phi) is 6.48. The van der Waals surface area contributed by atoms with Gasteiger partial charge in [0.1, 0.15) is 5.76 Å². The minimum Gasteiger partial charge on any atom is -0.360 e. The molecule has 2 aromatic heterocycles. The van der Waals surface area contributed by atoms with Gasteiger partial charge in [-0.15, -0.1) is 23.1 Å². The molecule has 7 nitrogen and oxygen atoms in total. The van der Waals surface area contributed by atoms with Crippen molar-refractivity contribution in [2.24, 2.45) is 0 Å². The number of aromatic nitrogens is 2. The lowest BCUT2D eigenvalue weighted by atomic mass is 10.2. The Bertz CT molecular complexity index is 983. The van der Waals surface area contributed by atoms with E-state index >= 15 is 0 Å². The van der Waals surface area contributed by atoms with Gasteiger partial charge in [-0.1, -0.05) is 17.3 Å². The van der Waals surface area contributed by atoms with E-state index < -0.39 is 0 Å². The summed E-state index contributed by atoms with van der Waals surface area (Å²) < 4.78 is 4.92. The van der Waals surface area contributed by atoms with Crippen LogP contribution in [0.2, 0.25) is 0 Å². The molecule has 2 heterocycles. The van der Waals surface area contributed by atoms with E-state index in [-0.39, 0.29) is 18.4 Å². The van der Waals surface area contributed by atoms with Crippen molar-refractivity contribution in [3.8, 4) is 0 Å². The molecule has 0 aliphatic heterocycles. The monoisotopic (exact) mass is 416 g/mol. The second kappa shape index (κ2) is 9.03. The lowest BCUT2D eigenvalue weighted by molar-refractivity contribution is -0.116. The molecule has 1 N–H and O–H groups in total. The molecule has 0 saturated heterocycles. The Morgan fingerprint density at radius 2 is 2.07 bits per heavy atom. The maximum Gasteiger partial charge on any atom is 0.255 e. The second-order valence-corrected chi connectivity index (χ2v) is 8.25. The van der Waals surface area contributed by atoms with Gasteiger partial charge in [-0.25, -0.2) is 4.98 Å². The van der Waals surface area contributed by atoms with Crippen LogP contribution in [0.25, 0.3) is 0 Å². The van der Waals surface area contributed by atoms with E-state index in [2.05, 4.69) is 15.5 Å². The third kappa shape index (κ3) is 5.20. The number of likely N-dealkylation sites (N-methyl/N-ethyl adjacent to an activating group) is 1. The van der Waals surface area contributed by atoms with Crippen LogP contribution in [0, 0.1) is 13.8 Å². The van der Waals surface area contributed by atoms with Crippen LogP contribution < -0.4 is 5.32 Å². The topological polar surface area (TPSA) is 88.3 Å². The van der Waals surface area contributed by atoms with Gasteiger partial charge in [0, 0.05) is 29.1 Å². The summed E-state index contributed by atoms with van der Waals surface area (Å²) in [6.45, 7) is 3.62. The van der Waals surface area contributed by atoms with E-state index in [0.29, 0.717) is 22.9 Å². The number of nitrogens with one attached hydrogen (secondary N) is 1. The highest BCUT2D eigenvalue weighted by Crippen LogP contribution is 2.27. The number of aryl methyl sites for hydroxylation is 2. The van der Waals surface area contributed by atoms with Crippen LogP contribution in [0.5, 0.6) is 0 Å². The van der Waals surface area contributed by atoms with Crippen molar-refractivity contribution in [2.45, 2.75) is 24.5 Å². The Labute approximate surface area is 171 Å². The van der Waals surface area contributed by atoms with E-state index in [1.54, 1.807) is 49.2 Å². The minimum absolute atomic E-state index is 0.0883. The summed E-state index contributed by atoms with van der Waals surface area (Å²) in [5, 5.41) is 9.37. The number of hydrogen-bond donors (Lipinski definition) is 1. The minimum atomic E-state index is -0.341. The molecule has 28 heavy (non-hydrogen) atoms. The molecule has 0 unspecified atom stereocenters. The predicted octanol–water partition coefficient (Wildman–Crippen LogP) is 3.75.